The first-order chi connectivity index (χ1) is 12.0. The number of morpholine rings is 1. The van der Waals surface area contributed by atoms with Crippen LogP contribution in [0.5, 0.6) is 0 Å². The topological polar surface area (TPSA) is 58.6 Å². The van der Waals surface area contributed by atoms with Crippen LogP contribution in [0, 0.1) is 23.2 Å². The molecule has 2 amide bonds. The van der Waals surface area contributed by atoms with Crippen molar-refractivity contribution in [2.45, 2.75) is 46.0 Å². The summed E-state index contributed by atoms with van der Waals surface area (Å²) in [6.07, 6.45) is 9.05. The van der Waals surface area contributed by atoms with Crippen molar-refractivity contribution in [1.29, 1.82) is 0 Å². The molecule has 0 aromatic rings. The van der Waals surface area contributed by atoms with Crippen molar-refractivity contribution in [2.24, 2.45) is 23.2 Å². The Hall–Kier alpha value is -1.36. The van der Waals surface area contributed by atoms with Crippen LogP contribution >= 0.6 is 0 Å². The quantitative estimate of drug-likeness (QED) is 0.750. The number of allylic oxidation sites excluding steroid dienone is 2. The highest BCUT2D eigenvalue weighted by Crippen LogP contribution is 2.50. The number of carbonyl (C=O) groups excluding carboxylic acids is 2. The van der Waals surface area contributed by atoms with Crippen LogP contribution in [0.3, 0.4) is 0 Å². The van der Waals surface area contributed by atoms with E-state index in [0.717, 1.165) is 6.54 Å². The van der Waals surface area contributed by atoms with E-state index in [1.807, 2.05) is 17.1 Å². The Morgan fingerprint density at radius 2 is 1.80 bits per heavy atom. The SMILES string of the molecule is CC(C)CC1(CNC(=O)[C@@H]2CC=CC[C@H]2C(=O)N2CCOCC2)CC1. The van der Waals surface area contributed by atoms with E-state index >= 15 is 0 Å². The average Bonchev–Trinajstić information content (AvgIpc) is 3.39. The third-order valence-electron chi connectivity index (χ3n) is 5.85. The van der Waals surface area contributed by atoms with Crippen LogP contribution in [0.4, 0.5) is 0 Å². The van der Waals surface area contributed by atoms with E-state index in [1.165, 1.54) is 19.3 Å². The third-order valence-corrected chi connectivity index (χ3v) is 5.85. The molecule has 25 heavy (non-hydrogen) atoms. The molecule has 0 spiro atoms. The molecule has 1 saturated carbocycles. The van der Waals surface area contributed by atoms with E-state index in [0.29, 0.717) is 50.5 Å². The number of nitrogens with zero attached hydrogens (tertiary/aromatic N) is 1. The van der Waals surface area contributed by atoms with Gasteiger partial charge in [0.2, 0.25) is 11.8 Å². The largest absolute Gasteiger partial charge is 0.378 e. The fraction of sp³-hybridized carbons (Fsp3) is 0.800. The molecule has 2 aliphatic carbocycles. The van der Waals surface area contributed by atoms with E-state index in [9.17, 15) is 9.59 Å². The van der Waals surface area contributed by atoms with E-state index in [2.05, 4.69) is 19.2 Å². The van der Waals surface area contributed by atoms with Gasteiger partial charge in [-0.15, -0.1) is 0 Å². The summed E-state index contributed by atoms with van der Waals surface area (Å²) in [7, 11) is 0. The monoisotopic (exact) mass is 348 g/mol. The van der Waals surface area contributed by atoms with Gasteiger partial charge in [-0.3, -0.25) is 9.59 Å². The molecule has 0 unspecified atom stereocenters. The molecule has 3 rings (SSSR count). The van der Waals surface area contributed by atoms with Crippen molar-refractivity contribution in [3.05, 3.63) is 12.2 Å². The van der Waals surface area contributed by atoms with E-state index in [-0.39, 0.29) is 23.7 Å². The lowest BCUT2D eigenvalue weighted by Crippen LogP contribution is -2.48. The van der Waals surface area contributed by atoms with Crippen LogP contribution in [-0.4, -0.2) is 49.6 Å². The number of hydrogen-bond acceptors (Lipinski definition) is 3. The lowest BCUT2D eigenvalue weighted by molar-refractivity contribution is -0.145. The number of amides is 2. The molecule has 1 heterocycles. The fourth-order valence-electron chi connectivity index (χ4n) is 4.30. The van der Waals surface area contributed by atoms with Gasteiger partial charge >= 0.3 is 0 Å². The molecular formula is C20H32N2O3. The van der Waals surface area contributed by atoms with Crippen molar-refractivity contribution >= 4 is 11.8 Å². The molecular weight excluding hydrogens is 316 g/mol. The minimum atomic E-state index is -0.227. The molecule has 1 aliphatic heterocycles. The lowest BCUT2D eigenvalue weighted by atomic mass is 9.81. The standard InChI is InChI=1S/C20H32N2O3/c1-15(2)13-20(7-8-20)14-21-18(23)16-5-3-4-6-17(16)19(24)22-9-11-25-12-10-22/h3-4,15-17H,5-14H2,1-2H3,(H,21,23)/t16-,17-/m1/s1. The minimum Gasteiger partial charge on any atom is -0.378 e. The van der Waals surface area contributed by atoms with Crippen molar-refractivity contribution in [3.8, 4) is 0 Å². The Bertz CT molecular complexity index is 519. The number of nitrogens with one attached hydrogen (secondary N) is 1. The second-order valence-corrected chi connectivity index (χ2v) is 8.41. The highest BCUT2D eigenvalue weighted by atomic mass is 16.5. The zero-order valence-electron chi connectivity index (χ0n) is 15.6. The summed E-state index contributed by atoms with van der Waals surface area (Å²) < 4.78 is 5.34. The first-order valence-electron chi connectivity index (χ1n) is 9.80. The molecule has 3 aliphatic rings. The summed E-state index contributed by atoms with van der Waals surface area (Å²) in [6, 6.07) is 0. The molecule has 5 nitrogen and oxygen atoms in total. The molecule has 1 N–H and O–H groups in total. The Kier molecular flexibility index (Phi) is 5.82. The molecule has 2 atom stereocenters. The van der Waals surface area contributed by atoms with Crippen LogP contribution < -0.4 is 5.32 Å². The predicted octanol–water partition coefficient (Wildman–Crippen LogP) is 2.37. The van der Waals surface area contributed by atoms with Crippen molar-refractivity contribution < 1.29 is 14.3 Å². The highest BCUT2D eigenvalue weighted by Gasteiger charge is 2.44. The van der Waals surface area contributed by atoms with Crippen LogP contribution in [0.2, 0.25) is 0 Å². The zero-order valence-corrected chi connectivity index (χ0v) is 15.6. The zero-order chi connectivity index (χ0) is 17.9. The summed E-state index contributed by atoms with van der Waals surface area (Å²) in [5, 5.41) is 3.18. The fourth-order valence-corrected chi connectivity index (χ4v) is 4.30. The van der Waals surface area contributed by atoms with Crippen LogP contribution in [0.1, 0.15) is 46.0 Å². The van der Waals surface area contributed by atoms with Gasteiger partial charge in [-0.05, 0) is 43.4 Å². The smallest absolute Gasteiger partial charge is 0.226 e. The average molecular weight is 348 g/mol. The van der Waals surface area contributed by atoms with Crippen molar-refractivity contribution in [3.63, 3.8) is 0 Å². The second-order valence-electron chi connectivity index (χ2n) is 8.41. The first kappa shape index (κ1) is 18.4. The Labute approximate surface area is 151 Å². The van der Waals surface area contributed by atoms with E-state index in [4.69, 9.17) is 4.74 Å². The van der Waals surface area contributed by atoms with Gasteiger partial charge in [0.05, 0.1) is 25.0 Å². The maximum atomic E-state index is 12.9. The number of ether oxygens (including phenoxy) is 1. The maximum Gasteiger partial charge on any atom is 0.226 e. The molecule has 140 valence electrons. The highest BCUT2D eigenvalue weighted by molar-refractivity contribution is 5.88. The van der Waals surface area contributed by atoms with Crippen molar-refractivity contribution in [1.82, 2.24) is 10.2 Å². The molecule has 1 saturated heterocycles. The lowest BCUT2D eigenvalue weighted by Gasteiger charge is -2.34. The molecule has 0 aromatic carbocycles. The van der Waals surface area contributed by atoms with Gasteiger partial charge in [0.25, 0.3) is 0 Å². The van der Waals surface area contributed by atoms with Gasteiger partial charge in [-0.1, -0.05) is 26.0 Å². The van der Waals surface area contributed by atoms with Gasteiger partial charge in [0.1, 0.15) is 0 Å². The number of hydrogen-bond donors (Lipinski definition) is 1. The van der Waals surface area contributed by atoms with E-state index in [1.54, 1.807) is 0 Å². The van der Waals surface area contributed by atoms with Crippen LogP contribution in [0.25, 0.3) is 0 Å². The normalized spacial score (nSPS) is 28.0. The summed E-state index contributed by atoms with van der Waals surface area (Å²) in [6.45, 7) is 7.74. The summed E-state index contributed by atoms with van der Waals surface area (Å²) in [5.74, 6) is 0.397. The van der Waals surface area contributed by atoms with E-state index < -0.39 is 0 Å². The summed E-state index contributed by atoms with van der Waals surface area (Å²) >= 11 is 0. The maximum absolute atomic E-state index is 12.9. The molecule has 0 aromatic heterocycles. The van der Waals surface area contributed by atoms with Crippen LogP contribution in [0.15, 0.2) is 12.2 Å². The minimum absolute atomic E-state index is 0.0611. The Balaban J connectivity index is 1.57. The first-order valence-corrected chi connectivity index (χ1v) is 9.80. The second kappa shape index (κ2) is 7.90. The van der Waals surface area contributed by atoms with Gasteiger partial charge in [0, 0.05) is 19.6 Å². The Morgan fingerprint density at radius 1 is 1.16 bits per heavy atom. The summed E-state index contributed by atoms with van der Waals surface area (Å²) in [5.41, 5.74) is 0.318. The number of carbonyl (C=O) groups is 2. The number of rotatable bonds is 6. The van der Waals surface area contributed by atoms with Crippen LogP contribution in [-0.2, 0) is 14.3 Å². The van der Waals surface area contributed by atoms with Gasteiger partial charge in [-0.2, -0.15) is 0 Å². The summed E-state index contributed by atoms with van der Waals surface area (Å²) in [4.78, 5) is 27.6. The third kappa shape index (κ3) is 4.63. The molecule has 2 fully saturated rings. The molecule has 0 radical (unpaired) electrons. The molecule has 0 bridgehead atoms. The Morgan fingerprint density at radius 3 is 2.40 bits per heavy atom. The van der Waals surface area contributed by atoms with Gasteiger partial charge in [0.15, 0.2) is 0 Å². The van der Waals surface area contributed by atoms with Crippen molar-refractivity contribution in [2.75, 3.05) is 32.8 Å². The van der Waals surface area contributed by atoms with Gasteiger partial charge < -0.3 is 15.0 Å². The predicted molar refractivity (Wildman–Crippen MR) is 96.9 cm³/mol. The molecule has 5 heteroatoms. The van der Waals surface area contributed by atoms with Gasteiger partial charge in [-0.25, -0.2) is 0 Å².